The Labute approximate surface area is 501 Å². The van der Waals surface area contributed by atoms with Crippen LogP contribution in [0.15, 0.2) is 59.7 Å². The van der Waals surface area contributed by atoms with Crippen LogP contribution in [-0.2, 0) is 12.8 Å². The van der Waals surface area contributed by atoms with Crippen molar-refractivity contribution in [1.82, 2.24) is 0 Å². The van der Waals surface area contributed by atoms with Gasteiger partial charge in [0.05, 0.1) is 0 Å². The van der Waals surface area contributed by atoms with E-state index in [-0.39, 0.29) is 0 Å². The van der Waals surface area contributed by atoms with Gasteiger partial charge in [-0.25, -0.2) is 4.70 Å². The standard InChI is InChI=1S/C78H136N2/c1-5-9-13-15-17-19-21-23-25-27-29-31-33-34-35-36-38-39-41-43-45-47-49-51-53-55-57-60-72-65-69-73(70-66-72)77-75(61-12-8-4)76(78(80(77)79)74-67-63-71(64-68-74)59-11-7-3)62-58-56-54-52-50-48-46-44-42-40-37-32-30-28-26-24-22-20-18-16-14-10-6-2/h63-70H,5-62H2,1-4H3. The Morgan fingerprint density at radius 2 is 0.388 bits per heavy atom. The van der Waals surface area contributed by atoms with E-state index >= 15 is 0 Å². The van der Waals surface area contributed by atoms with Crippen LogP contribution in [0.25, 0.3) is 16.9 Å². The average Bonchev–Trinajstić information content (AvgIpc) is 3.79. The van der Waals surface area contributed by atoms with Crippen molar-refractivity contribution in [3.63, 3.8) is 0 Å². The molecule has 3 rings (SSSR count). The van der Waals surface area contributed by atoms with Crippen molar-refractivity contribution in [3.8, 4) is 0 Å². The Morgan fingerprint density at radius 1 is 0.212 bits per heavy atom. The molecule has 1 aliphatic heterocycles. The Morgan fingerprint density at radius 3 is 0.625 bits per heavy atom. The van der Waals surface area contributed by atoms with Crippen molar-refractivity contribution in [2.24, 2.45) is 0 Å². The van der Waals surface area contributed by atoms with E-state index in [1.165, 1.54) is 362 Å². The zero-order valence-corrected chi connectivity index (χ0v) is 54.5. The number of unbranched alkanes of at least 4 members (excludes halogenated alkanes) is 50. The molecule has 0 N–H and O–H groups in total. The molecule has 0 aromatic heterocycles. The molecule has 2 nitrogen and oxygen atoms in total. The number of rotatable bonds is 60. The van der Waals surface area contributed by atoms with Crippen LogP contribution in [0, 0.1) is 0 Å². The first-order valence-electron chi connectivity index (χ1n) is 36.8. The summed E-state index contributed by atoms with van der Waals surface area (Å²) in [6, 6.07) is 18.5. The van der Waals surface area contributed by atoms with Gasteiger partial charge >= 0.3 is 0 Å². The lowest BCUT2D eigenvalue weighted by atomic mass is 9.91. The second-order valence-corrected chi connectivity index (χ2v) is 26.0. The van der Waals surface area contributed by atoms with Crippen molar-refractivity contribution in [1.29, 1.82) is 0 Å². The van der Waals surface area contributed by atoms with E-state index in [1.807, 2.05) is 0 Å². The maximum absolute atomic E-state index is 12.3. The summed E-state index contributed by atoms with van der Waals surface area (Å²) in [5.41, 5.74) is 22.3. The highest BCUT2D eigenvalue weighted by Gasteiger charge is 2.35. The number of benzene rings is 2. The number of aryl methyl sites for hydroxylation is 2. The van der Waals surface area contributed by atoms with Crippen LogP contribution in [0.1, 0.15) is 410 Å². The molecule has 0 atom stereocenters. The molecule has 2 heteroatoms. The summed E-state index contributed by atoms with van der Waals surface area (Å²) in [6.45, 7) is 9.21. The summed E-state index contributed by atoms with van der Waals surface area (Å²) in [5.74, 6) is 0. The van der Waals surface area contributed by atoms with Gasteiger partial charge in [-0.15, -0.1) is 0 Å². The van der Waals surface area contributed by atoms with Crippen LogP contribution in [0.2, 0.25) is 0 Å². The van der Waals surface area contributed by atoms with E-state index in [2.05, 4.69) is 76.2 Å². The highest BCUT2D eigenvalue weighted by atomic mass is 15.2. The Kier molecular flexibility index (Phi) is 47.8. The van der Waals surface area contributed by atoms with Crippen molar-refractivity contribution in [3.05, 3.63) is 87.5 Å². The van der Waals surface area contributed by atoms with Crippen LogP contribution >= 0.6 is 0 Å². The summed E-state index contributed by atoms with van der Waals surface area (Å²) in [5, 5.41) is 0. The molecule has 1 aliphatic rings. The third kappa shape index (κ3) is 36.3. The molecule has 0 saturated heterocycles. The zero-order valence-electron chi connectivity index (χ0n) is 54.5. The Balaban J connectivity index is 1.29. The molecular formula is C78H136N2. The Hall–Kier alpha value is -2.48. The summed E-state index contributed by atoms with van der Waals surface area (Å²) in [4.78, 5) is 0. The molecular weight excluding hydrogens is 965 g/mol. The maximum atomic E-state index is 12.3. The largest absolute Gasteiger partial charge is 0.493 e. The first kappa shape index (κ1) is 71.8. The second kappa shape index (κ2) is 53.3. The zero-order chi connectivity index (χ0) is 56.9. The predicted molar refractivity (Wildman–Crippen MR) is 359 cm³/mol. The van der Waals surface area contributed by atoms with Crippen molar-refractivity contribution in [2.45, 2.75) is 400 Å². The number of hydrogen-bond donors (Lipinski definition) is 0. The smallest absolute Gasteiger partial charge is 0.211 e. The van der Waals surface area contributed by atoms with Gasteiger partial charge in [-0.2, -0.15) is 0 Å². The molecule has 0 aliphatic carbocycles. The number of hydrogen-bond acceptors (Lipinski definition) is 0. The normalized spacial score (nSPS) is 12.8. The van der Waals surface area contributed by atoms with E-state index in [0.717, 1.165) is 55.5 Å². The van der Waals surface area contributed by atoms with Gasteiger partial charge in [0.15, 0.2) is 0 Å². The fourth-order valence-corrected chi connectivity index (χ4v) is 13.1. The summed E-state index contributed by atoms with van der Waals surface area (Å²) < 4.78 is 1.61. The summed E-state index contributed by atoms with van der Waals surface area (Å²) >= 11 is 0. The van der Waals surface area contributed by atoms with E-state index < -0.39 is 0 Å². The lowest BCUT2D eigenvalue weighted by Gasteiger charge is -2.11. The molecule has 0 bridgehead atoms. The predicted octanol–water partition coefficient (Wildman–Crippen LogP) is 27.9. The highest BCUT2D eigenvalue weighted by molar-refractivity contribution is 5.82. The van der Waals surface area contributed by atoms with Crippen LogP contribution in [0.4, 0.5) is 0 Å². The molecule has 0 fully saturated rings. The van der Waals surface area contributed by atoms with E-state index in [4.69, 9.17) is 0 Å². The van der Waals surface area contributed by atoms with Gasteiger partial charge in [-0.1, -0.05) is 373 Å². The maximum Gasteiger partial charge on any atom is 0.211 e. The van der Waals surface area contributed by atoms with Gasteiger partial charge in [-0.3, -0.25) is 0 Å². The quantitative estimate of drug-likeness (QED) is 0.0466. The number of allylic oxidation sites excluding steroid dienone is 2. The van der Waals surface area contributed by atoms with Crippen molar-refractivity contribution < 1.29 is 4.70 Å². The van der Waals surface area contributed by atoms with Crippen LogP contribution < -0.4 is 0 Å². The fraction of sp³-hybridized carbons (Fsp3) is 0.795. The molecule has 2 aromatic carbocycles. The van der Waals surface area contributed by atoms with Gasteiger partial charge in [-0.05, 0) is 86.8 Å². The molecule has 458 valence electrons. The third-order valence-electron chi connectivity index (χ3n) is 18.5. The van der Waals surface area contributed by atoms with Crippen LogP contribution in [0.3, 0.4) is 0 Å². The lowest BCUT2D eigenvalue weighted by molar-refractivity contribution is -0.345. The van der Waals surface area contributed by atoms with Gasteiger partial charge in [0.25, 0.3) is 0 Å². The topological polar surface area (TPSA) is 25.3 Å². The van der Waals surface area contributed by atoms with E-state index in [0.29, 0.717) is 0 Å². The van der Waals surface area contributed by atoms with Gasteiger partial charge in [0.2, 0.25) is 11.4 Å². The molecule has 0 saturated carbocycles. The second-order valence-electron chi connectivity index (χ2n) is 26.0. The van der Waals surface area contributed by atoms with Gasteiger partial charge in [0.1, 0.15) is 0 Å². The van der Waals surface area contributed by atoms with Crippen molar-refractivity contribution in [2.75, 3.05) is 0 Å². The van der Waals surface area contributed by atoms with Crippen LogP contribution in [0.5, 0.6) is 0 Å². The third-order valence-corrected chi connectivity index (χ3v) is 18.5. The van der Waals surface area contributed by atoms with Crippen LogP contribution in [-0.4, -0.2) is 4.70 Å². The molecule has 1 heterocycles. The molecule has 80 heavy (non-hydrogen) atoms. The molecule has 0 unspecified atom stereocenters. The molecule has 0 spiro atoms. The highest BCUT2D eigenvalue weighted by Crippen LogP contribution is 2.45. The minimum atomic E-state index is 1.02. The lowest BCUT2D eigenvalue weighted by Crippen LogP contribution is -2.03. The number of nitrogens with zero attached hydrogens (tertiary/aromatic N) is 2. The van der Waals surface area contributed by atoms with Crippen molar-refractivity contribution >= 4 is 11.4 Å². The minimum Gasteiger partial charge on any atom is -0.493 e. The van der Waals surface area contributed by atoms with E-state index in [9.17, 15) is 5.53 Å². The molecule has 0 radical (unpaired) electrons. The van der Waals surface area contributed by atoms with Gasteiger partial charge in [0, 0.05) is 22.3 Å². The average molecular weight is 1100 g/mol. The Bertz CT molecular complexity index is 1740. The minimum absolute atomic E-state index is 1.02. The summed E-state index contributed by atoms with van der Waals surface area (Å²) in [7, 11) is 0. The van der Waals surface area contributed by atoms with E-state index in [1.54, 1.807) is 4.70 Å². The first-order valence-corrected chi connectivity index (χ1v) is 36.8. The van der Waals surface area contributed by atoms with Gasteiger partial charge < -0.3 is 5.53 Å². The SMILES string of the molecule is CCCCCCCCCCCCCCCCCCCCCCCCCCCCCc1ccc(C2=C(CCCC)C(CCCCCCCCCCCCCCCCCCCCCCCCC)=C(c3ccc(CCCC)cc3)[N+]2=[N-])cc1. The monoisotopic (exact) mass is 1100 g/mol. The fourth-order valence-electron chi connectivity index (χ4n) is 13.1. The molecule has 0 amide bonds. The molecule has 2 aromatic rings. The first-order chi connectivity index (χ1) is 39.6. The summed E-state index contributed by atoms with van der Waals surface area (Å²) in [6.07, 6.45) is 80.7.